The summed E-state index contributed by atoms with van der Waals surface area (Å²) in [5, 5.41) is 0. The van der Waals surface area contributed by atoms with E-state index in [1.807, 2.05) is 0 Å². The normalized spacial score (nSPS) is 14.1. The van der Waals surface area contributed by atoms with E-state index >= 15 is 0 Å². The highest BCUT2D eigenvalue weighted by Crippen LogP contribution is 2.29. The molecule has 5 nitrogen and oxygen atoms in total. The molecule has 2 aromatic carbocycles. The molecule has 3 rings (SSSR count). The molecule has 0 N–H and O–H groups in total. The number of alkyl halides is 3. The van der Waals surface area contributed by atoms with Crippen LogP contribution < -0.4 is 0 Å². The number of fused-ring (bicyclic) bond motifs is 1. The summed E-state index contributed by atoms with van der Waals surface area (Å²) in [6.07, 6.45) is -4.39. The first-order chi connectivity index (χ1) is 13.2. The summed E-state index contributed by atoms with van der Waals surface area (Å²) in [7, 11) is 1.47. The molecular formula is C20H17F3N2O3. The fourth-order valence-electron chi connectivity index (χ4n) is 2.98. The largest absolute Gasteiger partial charge is 0.416 e. The van der Waals surface area contributed by atoms with Crippen molar-refractivity contribution in [3.05, 3.63) is 70.8 Å². The van der Waals surface area contributed by atoms with Crippen molar-refractivity contribution >= 4 is 17.7 Å². The maximum Gasteiger partial charge on any atom is 0.416 e. The lowest BCUT2D eigenvalue weighted by Gasteiger charge is -2.28. The van der Waals surface area contributed by atoms with Gasteiger partial charge >= 0.3 is 6.18 Å². The smallest absolute Gasteiger partial charge is 0.340 e. The molecule has 0 atom stereocenters. The molecular weight excluding hydrogens is 373 g/mol. The lowest BCUT2D eigenvalue weighted by molar-refractivity contribution is -0.138. The highest BCUT2D eigenvalue weighted by atomic mass is 19.4. The van der Waals surface area contributed by atoms with Crippen LogP contribution in [0.15, 0.2) is 48.5 Å². The van der Waals surface area contributed by atoms with Gasteiger partial charge in [-0.05, 0) is 29.3 Å². The second kappa shape index (κ2) is 7.46. The second-order valence-corrected chi connectivity index (χ2v) is 6.56. The number of halogens is 3. The molecule has 0 bridgehead atoms. The summed E-state index contributed by atoms with van der Waals surface area (Å²) >= 11 is 0. The number of amides is 3. The molecule has 0 fully saturated rings. The van der Waals surface area contributed by atoms with Crippen molar-refractivity contribution < 1.29 is 27.6 Å². The minimum Gasteiger partial charge on any atom is -0.340 e. The fourth-order valence-corrected chi connectivity index (χ4v) is 2.98. The van der Waals surface area contributed by atoms with Crippen molar-refractivity contribution in [1.29, 1.82) is 0 Å². The molecule has 0 aliphatic carbocycles. The zero-order chi connectivity index (χ0) is 20.5. The van der Waals surface area contributed by atoms with Gasteiger partial charge < -0.3 is 4.90 Å². The van der Waals surface area contributed by atoms with Gasteiger partial charge in [-0.25, -0.2) is 0 Å². The topological polar surface area (TPSA) is 57.7 Å². The SMILES string of the molecule is CN(Cc1ccc(C(F)(F)F)cc1)C(=O)CN1C(=O)Cc2ccccc2C1=O. The van der Waals surface area contributed by atoms with Crippen molar-refractivity contribution in [3.8, 4) is 0 Å². The van der Waals surface area contributed by atoms with E-state index in [0.717, 1.165) is 17.0 Å². The van der Waals surface area contributed by atoms with Crippen LogP contribution in [0.1, 0.15) is 27.0 Å². The first-order valence-corrected chi connectivity index (χ1v) is 8.49. The Morgan fingerprint density at radius 3 is 2.36 bits per heavy atom. The fraction of sp³-hybridized carbons (Fsp3) is 0.250. The summed E-state index contributed by atoms with van der Waals surface area (Å²) in [4.78, 5) is 39.4. The first kappa shape index (κ1) is 19.6. The average molecular weight is 390 g/mol. The number of carbonyl (C=O) groups excluding carboxylic acids is 3. The zero-order valence-electron chi connectivity index (χ0n) is 15.0. The minimum atomic E-state index is -4.43. The molecule has 146 valence electrons. The number of rotatable bonds is 4. The second-order valence-electron chi connectivity index (χ2n) is 6.56. The zero-order valence-corrected chi connectivity index (χ0v) is 15.0. The molecule has 1 aliphatic heterocycles. The first-order valence-electron chi connectivity index (χ1n) is 8.49. The van der Waals surface area contributed by atoms with Gasteiger partial charge in [0.1, 0.15) is 6.54 Å². The summed E-state index contributed by atoms with van der Waals surface area (Å²) in [6, 6.07) is 11.2. The number of benzene rings is 2. The molecule has 1 heterocycles. The maximum absolute atomic E-state index is 12.6. The molecule has 0 unspecified atom stereocenters. The third-order valence-corrected chi connectivity index (χ3v) is 4.56. The van der Waals surface area contributed by atoms with Crippen molar-refractivity contribution in [1.82, 2.24) is 9.80 Å². The Bertz CT molecular complexity index is 923. The number of likely N-dealkylation sites (N-methyl/N-ethyl adjacent to an activating group) is 1. The van der Waals surface area contributed by atoms with Crippen molar-refractivity contribution in [2.24, 2.45) is 0 Å². The molecule has 0 saturated carbocycles. The summed E-state index contributed by atoms with van der Waals surface area (Å²) < 4.78 is 37.8. The van der Waals surface area contributed by atoms with Crippen LogP contribution in [-0.4, -0.2) is 41.1 Å². The van der Waals surface area contributed by atoms with E-state index in [1.54, 1.807) is 24.3 Å². The number of imide groups is 1. The van der Waals surface area contributed by atoms with Crippen LogP contribution in [-0.2, 0) is 28.7 Å². The van der Waals surface area contributed by atoms with E-state index in [0.29, 0.717) is 16.7 Å². The van der Waals surface area contributed by atoms with Crippen molar-refractivity contribution in [2.45, 2.75) is 19.1 Å². The Morgan fingerprint density at radius 1 is 1.07 bits per heavy atom. The molecule has 8 heteroatoms. The van der Waals surface area contributed by atoms with E-state index in [1.165, 1.54) is 24.1 Å². The van der Waals surface area contributed by atoms with Crippen LogP contribution in [0.4, 0.5) is 13.2 Å². The predicted octanol–water partition coefficient (Wildman–Crippen LogP) is 2.89. The molecule has 2 aromatic rings. The molecule has 0 aromatic heterocycles. The Kier molecular flexibility index (Phi) is 5.22. The van der Waals surface area contributed by atoms with Crippen LogP contribution in [0.2, 0.25) is 0 Å². The molecule has 0 saturated heterocycles. The van der Waals surface area contributed by atoms with Crippen LogP contribution in [0.3, 0.4) is 0 Å². The van der Waals surface area contributed by atoms with E-state index in [4.69, 9.17) is 0 Å². The van der Waals surface area contributed by atoms with E-state index < -0.39 is 36.0 Å². The standard InChI is InChI=1S/C20H17F3N2O3/c1-24(11-13-6-8-15(9-7-13)20(21,22)23)18(27)12-25-17(26)10-14-4-2-3-5-16(14)19(25)28/h2-9H,10-12H2,1H3. The average Bonchev–Trinajstić information content (AvgIpc) is 2.64. The lowest BCUT2D eigenvalue weighted by Crippen LogP contribution is -2.47. The molecule has 1 aliphatic rings. The molecule has 3 amide bonds. The maximum atomic E-state index is 12.6. The van der Waals surface area contributed by atoms with Gasteiger partial charge in [0.2, 0.25) is 11.8 Å². The molecule has 28 heavy (non-hydrogen) atoms. The summed E-state index contributed by atoms with van der Waals surface area (Å²) in [6.45, 7) is -0.354. The highest BCUT2D eigenvalue weighted by Gasteiger charge is 2.33. The van der Waals surface area contributed by atoms with Gasteiger partial charge in [-0.2, -0.15) is 13.2 Å². The van der Waals surface area contributed by atoms with Gasteiger partial charge in [0, 0.05) is 19.2 Å². The number of nitrogens with zero attached hydrogens (tertiary/aromatic N) is 2. The van der Waals surface area contributed by atoms with Gasteiger partial charge in [0.05, 0.1) is 12.0 Å². The minimum absolute atomic E-state index is 0.0395. The van der Waals surface area contributed by atoms with E-state index in [2.05, 4.69) is 0 Å². The monoisotopic (exact) mass is 390 g/mol. The van der Waals surface area contributed by atoms with Gasteiger partial charge in [0.15, 0.2) is 0 Å². The lowest BCUT2D eigenvalue weighted by atomic mass is 9.98. The molecule has 0 spiro atoms. The third kappa shape index (κ3) is 4.05. The molecule has 0 radical (unpaired) electrons. The predicted molar refractivity (Wildman–Crippen MR) is 94.1 cm³/mol. The van der Waals surface area contributed by atoms with E-state index in [-0.39, 0.29) is 13.0 Å². The van der Waals surface area contributed by atoms with Crippen LogP contribution in [0, 0.1) is 0 Å². The van der Waals surface area contributed by atoms with Gasteiger partial charge in [-0.3, -0.25) is 19.3 Å². The summed E-state index contributed by atoms with van der Waals surface area (Å²) in [5.41, 5.74) is 0.749. The van der Waals surface area contributed by atoms with Gasteiger partial charge in [0.25, 0.3) is 5.91 Å². The Balaban J connectivity index is 1.66. The Hall–Kier alpha value is -3.16. The van der Waals surface area contributed by atoms with Gasteiger partial charge in [-0.15, -0.1) is 0 Å². The van der Waals surface area contributed by atoms with Crippen LogP contribution in [0.25, 0.3) is 0 Å². The summed E-state index contributed by atoms with van der Waals surface area (Å²) in [5.74, 6) is -1.47. The van der Waals surface area contributed by atoms with Crippen LogP contribution in [0.5, 0.6) is 0 Å². The quantitative estimate of drug-likeness (QED) is 0.755. The number of hydrogen-bond donors (Lipinski definition) is 0. The van der Waals surface area contributed by atoms with Crippen molar-refractivity contribution in [2.75, 3.05) is 13.6 Å². The highest BCUT2D eigenvalue weighted by molar-refractivity contribution is 6.11. The third-order valence-electron chi connectivity index (χ3n) is 4.56. The number of carbonyl (C=O) groups is 3. The van der Waals surface area contributed by atoms with Crippen LogP contribution >= 0.6 is 0 Å². The Labute approximate surface area is 159 Å². The van der Waals surface area contributed by atoms with Crippen molar-refractivity contribution in [3.63, 3.8) is 0 Å². The van der Waals surface area contributed by atoms with E-state index in [9.17, 15) is 27.6 Å². The number of hydrogen-bond acceptors (Lipinski definition) is 3. The van der Waals surface area contributed by atoms with Gasteiger partial charge in [-0.1, -0.05) is 30.3 Å². The Morgan fingerprint density at radius 2 is 1.71 bits per heavy atom.